The second kappa shape index (κ2) is 5.05. The van der Waals surface area contributed by atoms with Gasteiger partial charge >= 0.3 is 0 Å². The quantitative estimate of drug-likeness (QED) is 0.917. The zero-order valence-electron chi connectivity index (χ0n) is 11.2. The average Bonchev–Trinajstić information content (AvgIpc) is 2.47. The van der Waals surface area contributed by atoms with E-state index in [0.29, 0.717) is 17.7 Å². The lowest BCUT2D eigenvalue weighted by atomic mass is 9.89. The van der Waals surface area contributed by atoms with Gasteiger partial charge in [0.15, 0.2) is 10.8 Å². The van der Waals surface area contributed by atoms with Crippen LogP contribution in [0, 0.1) is 0 Å². The highest BCUT2D eigenvalue weighted by atomic mass is 32.2. The number of hydrogen-bond donors (Lipinski definition) is 1. The van der Waals surface area contributed by atoms with Crippen LogP contribution in [0.5, 0.6) is 0 Å². The average molecular weight is 302 g/mol. The largest absolute Gasteiger partial charge is 0.294 e. The third-order valence-electron chi connectivity index (χ3n) is 3.57. The van der Waals surface area contributed by atoms with Crippen LogP contribution >= 0.6 is 0 Å². The van der Waals surface area contributed by atoms with Crippen molar-refractivity contribution in [2.24, 2.45) is 5.14 Å². The van der Waals surface area contributed by atoms with Gasteiger partial charge in [0.25, 0.3) is 10.0 Å². The van der Waals surface area contributed by atoms with Crippen molar-refractivity contribution >= 4 is 15.8 Å². The molecule has 0 aliphatic heterocycles. The zero-order valence-corrected chi connectivity index (χ0v) is 12.1. The Balaban J connectivity index is 2.09. The first-order valence-corrected chi connectivity index (χ1v) is 8.16. The summed E-state index contributed by atoms with van der Waals surface area (Å²) in [4.78, 5) is 16.0. The van der Waals surface area contributed by atoms with Gasteiger partial charge in [0, 0.05) is 17.5 Å². The maximum atomic E-state index is 12.0. The fourth-order valence-corrected chi connectivity index (χ4v) is 3.02. The molecule has 2 N–H and O–H groups in total. The highest BCUT2D eigenvalue weighted by Gasteiger charge is 2.18. The van der Waals surface area contributed by atoms with E-state index in [1.54, 1.807) is 18.2 Å². The highest BCUT2D eigenvalue weighted by molar-refractivity contribution is 7.89. The van der Waals surface area contributed by atoms with Gasteiger partial charge in [0.05, 0.1) is 5.69 Å². The van der Waals surface area contributed by atoms with Crippen LogP contribution in [0.4, 0.5) is 0 Å². The molecule has 0 unspecified atom stereocenters. The van der Waals surface area contributed by atoms with Crippen LogP contribution in [0.2, 0.25) is 0 Å². The van der Waals surface area contributed by atoms with E-state index in [0.717, 1.165) is 24.0 Å². The molecule has 2 aromatic rings. The Bertz CT molecular complexity index is 829. The lowest BCUT2D eigenvalue weighted by Crippen LogP contribution is -2.14. The predicted octanol–water partition coefficient (Wildman–Crippen LogP) is 1.92. The summed E-state index contributed by atoms with van der Waals surface area (Å²) < 4.78 is 22.7. The van der Waals surface area contributed by atoms with Crippen LogP contribution in [0.25, 0.3) is 11.3 Å². The molecular formula is C15H14N2O3S. The summed E-state index contributed by atoms with van der Waals surface area (Å²) in [5.74, 6) is 0.126. The van der Waals surface area contributed by atoms with Crippen molar-refractivity contribution in [2.75, 3.05) is 0 Å². The summed E-state index contributed by atoms with van der Waals surface area (Å²) in [5.41, 5.74) is 2.95. The lowest BCUT2D eigenvalue weighted by Gasteiger charge is -2.15. The summed E-state index contributed by atoms with van der Waals surface area (Å²) >= 11 is 0. The molecule has 6 heteroatoms. The van der Waals surface area contributed by atoms with E-state index in [-0.39, 0.29) is 10.8 Å². The van der Waals surface area contributed by atoms with Crippen molar-refractivity contribution < 1.29 is 13.2 Å². The van der Waals surface area contributed by atoms with Crippen molar-refractivity contribution in [3.05, 3.63) is 47.5 Å². The van der Waals surface area contributed by atoms with Crippen LogP contribution in [0.1, 0.15) is 28.8 Å². The molecule has 0 amide bonds. The number of aryl methyl sites for hydroxylation is 1. The van der Waals surface area contributed by atoms with Gasteiger partial charge in [0.1, 0.15) is 0 Å². The van der Waals surface area contributed by atoms with Gasteiger partial charge in [-0.2, -0.15) is 0 Å². The van der Waals surface area contributed by atoms with E-state index < -0.39 is 10.0 Å². The number of pyridine rings is 1. The lowest BCUT2D eigenvalue weighted by molar-refractivity contribution is 0.0972. The summed E-state index contributed by atoms with van der Waals surface area (Å²) in [6.07, 6.45) is 2.33. The molecule has 0 spiro atoms. The van der Waals surface area contributed by atoms with Crippen molar-refractivity contribution in [2.45, 2.75) is 24.3 Å². The first-order valence-electron chi connectivity index (χ1n) is 6.61. The number of nitrogens with two attached hydrogens (primary N) is 1. The molecule has 3 rings (SSSR count). The molecule has 108 valence electrons. The van der Waals surface area contributed by atoms with Crippen molar-refractivity contribution in [1.82, 2.24) is 4.98 Å². The number of Topliss-reactive ketones (excluding diaryl/α,β-unsaturated/α-hetero) is 1. The van der Waals surface area contributed by atoms with Crippen molar-refractivity contribution in [3.8, 4) is 11.3 Å². The molecule has 0 atom stereocenters. The molecule has 5 nitrogen and oxygen atoms in total. The molecule has 1 aliphatic carbocycles. The second-order valence-electron chi connectivity index (χ2n) is 5.05. The number of nitrogens with zero attached hydrogens (tertiary/aromatic N) is 1. The predicted molar refractivity (Wildman–Crippen MR) is 78.3 cm³/mol. The van der Waals surface area contributed by atoms with Crippen LogP contribution in [0.15, 0.2) is 41.4 Å². The summed E-state index contributed by atoms with van der Waals surface area (Å²) in [6, 6.07) is 10.2. The van der Waals surface area contributed by atoms with Gasteiger partial charge in [0.2, 0.25) is 0 Å². The molecular weight excluding hydrogens is 288 g/mol. The van der Waals surface area contributed by atoms with Crippen LogP contribution in [-0.4, -0.2) is 19.2 Å². The van der Waals surface area contributed by atoms with Crippen LogP contribution in [-0.2, 0) is 16.4 Å². The molecule has 0 radical (unpaired) electrons. The number of ketones is 1. The Hall–Kier alpha value is -2.05. The Morgan fingerprint density at radius 2 is 1.90 bits per heavy atom. The number of sulfonamides is 1. The third kappa shape index (κ3) is 2.72. The SMILES string of the molecule is NS(=O)(=O)c1cccc(-c2ccc3c(c2)C(=O)CCC3)n1. The Labute approximate surface area is 122 Å². The molecule has 0 saturated heterocycles. The molecule has 0 fully saturated rings. The fourth-order valence-electron chi connectivity index (χ4n) is 2.52. The smallest absolute Gasteiger partial charge is 0.255 e. The molecule has 1 aromatic carbocycles. The second-order valence-corrected chi connectivity index (χ2v) is 6.56. The topological polar surface area (TPSA) is 90.1 Å². The number of rotatable bonds is 2. The minimum absolute atomic E-state index is 0.126. The molecule has 0 bridgehead atoms. The zero-order chi connectivity index (χ0) is 15.0. The van der Waals surface area contributed by atoms with Gasteiger partial charge in [-0.05, 0) is 36.6 Å². The number of aromatic nitrogens is 1. The Morgan fingerprint density at radius 1 is 1.10 bits per heavy atom. The maximum absolute atomic E-state index is 12.0. The third-order valence-corrected chi connectivity index (χ3v) is 4.38. The van der Waals surface area contributed by atoms with E-state index in [1.165, 1.54) is 6.07 Å². The summed E-state index contributed by atoms with van der Waals surface area (Å²) in [6.45, 7) is 0. The van der Waals surface area contributed by atoms with Gasteiger partial charge in [-0.3, -0.25) is 4.79 Å². The van der Waals surface area contributed by atoms with Gasteiger partial charge < -0.3 is 0 Å². The molecule has 21 heavy (non-hydrogen) atoms. The Morgan fingerprint density at radius 3 is 2.67 bits per heavy atom. The Kier molecular flexibility index (Phi) is 3.35. The number of carbonyl (C=O) groups is 1. The highest BCUT2D eigenvalue weighted by Crippen LogP contribution is 2.27. The van der Waals surface area contributed by atoms with Gasteiger partial charge in [-0.25, -0.2) is 18.5 Å². The fraction of sp³-hybridized carbons (Fsp3) is 0.200. The van der Waals surface area contributed by atoms with Gasteiger partial charge in [-0.15, -0.1) is 0 Å². The first kappa shape index (κ1) is 13.9. The van der Waals surface area contributed by atoms with E-state index in [9.17, 15) is 13.2 Å². The standard InChI is InChI=1S/C15H14N2O3S/c16-21(19,20)15-6-2-4-13(17-15)11-8-7-10-3-1-5-14(18)12(10)9-11/h2,4,6-9H,1,3,5H2,(H2,16,19,20). The maximum Gasteiger partial charge on any atom is 0.255 e. The normalized spacial score (nSPS) is 14.8. The number of hydrogen-bond acceptors (Lipinski definition) is 4. The number of fused-ring (bicyclic) bond motifs is 1. The van der Waals surface area contributed by atoms with E-state index in [4.69, 9.17) is 5.14 Å². The van der Waals surface area contributed by atoms with Crippen molar-refractivity contribution in [1.29, 1.82) is 0 Å². The minimum Gasteiger partial charge on any atom is -0.294 e. The summed E-state index contributed by atoms with van der Waals surface area (Å²) in [5, 5.41) is 4.92. The monoisotopic (exact) mass is 302 g/mol. The minimum atomic E-state index is -3.84. The number of benzene rings is 1. The molecule has 1 heterocycles. The van der Waals surface area contributed by atoms with E-state index >= 15 is 0 Å². The van der Waals surface area contributed by atoms with Crippen molar-refractivity contribution in [3.63, 3.8) is 0 Å². The van der Waals surface area contributed by atoms with E-state index in [1.807, 2.05) is 12.1 Å². The number of carbonyl (C=O) groups excluding carboxylic acids is 1. The van der Waals surface area contributed by atoms with Crippen LogP contribution < -0.4 is 5.14 Å². The molecule has 1 aliphatic rings. The molecule has 0 saturated carbocycles. The van der Waals surface area contributed by atoms with E-state index in [2.05, 4.69) is 4.98 Å². The number of primary sulfonamides is 1. The molecule has 1 aromatic heterocycles. The summed E-state index contributed by atoms with van der Waals surface area (Å²) in [7, 11) is -3.84. The van der Waals surface area contributed by atoms with Crippen LogP contribution in [0.3, 0.4) is 0 Å². The van der Waals surface area contributed by atoms with Gasteiger partial charge in [-0.1, -0.05) is 18.2 Å². The first-order chi connectivity index (χ1) is 9.95.